The molecule has 1 aromatic carbocycles. The second-order valence-electron chi connectivity index (χ2n) is 5.33. The summed E-state index contributed by atoms with van der Waals surface area (Å²) in [5.41, 5.74) is 1.80. The normalized spacial score (nSPS) is 16.0. The van der Waals surface area contributed by atoms with Crippen molar-refractivity contribution >= 4 is 5.69 Å². The molecular weight excluding hydrogens is 236 g/mol. The number of nitriles is 1. The molecule has 2 rings (SSSR count). The van der Waals surface area contributed by atoms with E-state index in [1.807, 2.05) is 24.3 Å². The average molecular weight is 258 g/mol. The van der Waals surface area contributed by atoms with Gasteiger partial charge in [-0.1, -0.05) is 19.3 Å². The summed E-state index contributed by atoms with van der Waals surface area (Å²) in [5, 5.41) is 18.1. The van der Waals surface area contributed by atoms with Gasteiger partial charge in [-0.05, 0) is 43.0 Å². The van der Waals surface area contributed by atoms with E-state index >= 15 is 0 Å². The highest BCUT2D eigenvalue weighted by Crippen LogP contribution is 2.26. The van der Waals surface area contributed by atoms with E-state index in [-0.39, 0.29) is 6.61 Å². The number of hydrogen-bond acceptors (Lipinski definition) is 3. The topological polar surface area (TPSA) is 47.3 Å². The third-order valence-corrected chi connectivity index (χ3v) is 3.93. The predicted molar refractivity (Wildman–Crippen MR) is 77.0 cm³/mol. The molecule has 0 bridgehead atoms. The summed E-state index contributed by atoms with van der Waals surface area (Å²) >= 11 is 0. The van der Waals surface area contributed by atoms with Crippen LogP contribution in [0.3, 0.4) is 0 Å². The first-order valence-electron chi connectivity index (χ1n) is 7.19. The molecule has 0 radical (unpaired) electrons. The molecule has 3 heteroatoms. The molecular formula is C16H22N2O. The van der Waals surface area contributed by atoms with Crippen molar-refractivity contribution < 1.29 is 5.11 Å². The van der Waals surface area contributed by atoms with Crippen molar-refractivity contribution in [1.82, 2.24) is 0 Å². The second kappa shape index (κ2) is 7.16. The van der Waals surface area contributed by atoms with Crippen LogP contribution in [0.5, 0.6) is 0 Å². The monoisotopic (exact) mass is 258 g/mol. The van der Waals surface area contributed by atoms with E-state index in [0.717, 1.165) is 18.2 Å². The van der Waals surface area contributed by atoms with Gasteiger partial charge in [0.2, 0.25) is 0 Å². The van der Waals surface area contributed by atoms with Crippen molar-refractivity contribution in [2.45, 2.75) is 32.1 Å². The van der Waals surface area contributed by atoms with E-state index in [1.165, 1.54) is 32.1 Å². The van der Waals surface area contributed by atoms with Crippen molar-refractivity contribution in [3.8, 4) is 6.07 Å². The summed E-state index contributed by atoms with van der Waals surface area (Å²) in [4.78, 5) is 2.25. The highest BCUT2D eigenvalue weighted by Gasteiger charge is 2.17. The molecule has 1 fully saturated rings. The first-order valence-corrected chi connectivity index (χ1v) is 7.19. The molecule has 0 spiro atoms. The number of rotatable bonds is 5. The zero-order chi connectivity index (χ0) is 13.5. The van der Waals surface area contributed by atoms with Gasteiger partial charge in [-0.15, -0.1) is 0 Å². The maximum atomic E-state index is 9.23. The van der Waals surface area contributed by atoms with E-state index in [0.29, 0.717) is 12.1 Å². The van der Waals surface area contributed by atoms with Gasteiger partial charge in [0.15, 0.2) is 0 Å². The SMILES string of the molecule is N#Cc1ccc(N(CCO)CC2CCCCC2)cc1. The van der Waals surface area contributed by atoms with Crippen LogP contribution < -0.4 is 4.90 Å². The van der Waals surface area contributed by atoms with Crippen molar-refractivity contribution in [3.63, 3.8) is 0 Å². The van der Waals surface area contributed by atoms with E-state index in [1.54, 1.807) is 0 Å². The Bertz CT molecular complexity index is 415. The average Bonchev–Trinajstić information content (AvgIpc) is 2.48. The first kappa shape index (κ1) is 13.9. The predicted octanol–water partition coefficient (Wildman–Crippen LogP) is 2.94. The number of benzene rings is 1. The van der Waals surface area contributed by atoms with E-state index < -0.39 is 0 Å². The molecule has 0 heterocycles. The zero-order valence-electron chi connectivity index (χ0n) is 11.4. The molecule has 1 saturated carbocycles. The van der Waals surface area contributed by atoms with Gasteiger partial charge in [-0.25, -0.2) is 0 Å². The Balaban J connectivity index is 2.03. The molecule has 3 nitrogen and oxygen atoms in total. The number of anilines is 1. The fourth-order valence-electron chi connectivity index (χ4n) is 2.87. The summed E-state index contributed by atoms with van der Waals surface area (Å²) in [6.45, 7) is 1.86. The van der Waals surface area contributed by atoms with Crippen LogP contribution in [0, 0.1) is 17.2 Å². The van der Waals surface area contributed by atoms with E-state index in [9.17, 15) is 5.11 Å². The number of nitrogens with zero attached hydrogens (tertiary/aromatic N) is 2. The van der Waals surface area contributed by atoms with Gasteiger partial charge >= 0.3 is 0 Å². The Hall–Kier alpha value is -1.53. The van der Waals surface area contributed by atoms with Gasteiger partial charge in [-0.2, -0.15) is 5.26 Å². The van der Waals surface area contributed by atoms with Crippen molar-refractivity contribution in [3.05, 3.63) is 29.8 Å². The Morgan fingerprint density at radius 3 is 2.42 bits per heavy atom. The van der Waals surface area contributed by atoms with Gasteiger partial charge in [0.25, 0.3) is 0 Å². The molecule has 0 unspecified atom stereocenters. The van der Waals surface area contributed by atoms with Crippen LogP contribution in [0.2, 0.25) is 0 Å². The quantitative estimate of drug-likeness (QED) is 0.883. The lowest BCUT2D eigenvalue weighted by atomic mass is 9.89. The Kier molecular flexibility index (Phi) is 5.23. The Morgan fingerprint density at radius 1 is 1.16 bits per heavy atom. The number of aliphatic hydroxyl groups excluding tert-OH is 1. The van der Waals surface area contributed by atoms with E-state index in [4.69, 9.17) is 5.26 Å². The molecule has 0 amide bonds. The summed E-state index contributed by atoms with van der Waals surface area (Å²) in [5.74, 6) is 0.746. The molecule has 102 valence electrons. The van der Waals surface area contributed by atoms with E-state index in [2.05, 4.69) is 11.0 Å². The van der Waals surface area contributed by atoms with Crippen LogP contribution in [0.1, 0.15) is 37.7 Å². The molecule has 1 aromatic rings. The lowest BCUT2D eigenvalue weighted by molar-refractivity contribution is 0.292. The minimum Gasteiger partial charge on any atom is -0.395 e. The molecule has 0 saturated heterocycles. The lowest BCUT2D eigenvalue weighted by Gasteiger charge is -2.31. The van der Waals surface area contributed by atoms with Crippen molar-refractivity contribution in [2.24, 2.45) is 5.92 Å². The maximum absolute atomic E-state index is 9.23. The fourth-order valence-corrected chi connectivity index (χ4v) is 2.87. The minimum atomic E-state index is 0.173. The summed E-state index contributed by atoms with van der Waals surface area (Å²) in [7, 11) is 0. The number of hydrogen-bond donors (Lipinski definition) is 1. The molecule has 1 aliphatic rings. The molecule has 0 aromatic heterocycles. The molecule has 19 heavy (non-hydrogen) atoms. The van der Waals surface area contributed by atoms with Crippen LogP contribution in [0.15, 0.2) is 24.3 Å². The van der Waals surface area contributed by atoms with Crippen molar-refractivity contribution in [2.75, 3.05) is 24.6 Å². The second-order valence-corrected chi connectivity index (χ2v) is 5.33. The maximum Gasteiger partial charge on any atom is 0.0991 e. The smallest absolute Gasteiger partial charge is 0.0991 e. The standard InChI is InChI=1S/C16H22N2O/c17-12-14-6-8-16(9-7-14)18(10-11-19)13-15-4-2-1-3-5-15/h6-9,15,19H,1-5,10-11,13H2. The molecule has 1 N–H and O–H groups in total. The van der Waals surface area contributed by atoms with Crippen LogP contribution >= 0.6 is 0 Å². The van der Waals surface area contributed by atoms with Gasteiger partial charge < -0.3 is 10.0 Å². The third-order valence-electron chi connectivity index (χ3n) is 3.93. The van der Waals surface area contributed by atoms with Gasteiger partial charge in [0.05, 0.1) is 18.2 Å². The van der Waals surface area contributed by atoms with Gasteiger partial charge in [0, 0.05) is 18.8 Å². The Labute approximate surface area is 115 Å². The zero-order valence-corrected chi connectivity index (χ0v) is 11.4. The molecule has 1 aliphatic carbocycles. The van der Waals surface area contributed by atoms with Crippen LogP contribution in [-0.4, -0.2) is 24.8 Å². The van der Waals surface area contributed by atoms with Crippen LogP contribution in [0.25, 0.3) is 0 Å². The molecule has 0 aliphatic heterocycles. The fraction of sp³-hybridized carbons (Fsp3) is 0.562. The Morgan fingerprint density at radius 2 is 1.84 bits per heavy atom. The highest BCUT2D eigenvalue weighted by molar-refractivity contribution is 5.49. The highest BCUT2D eigenvalue weighted by atomic mass is 16.3. The van der Waals surface area contributed by atoms with Crippen LogP contribution in [-0.2, 0) is 0 Å². The number of aliphatic hydroxyl groups is 1. The third kappa shape index (κ3) is 3.97. The van der Waals surface area contributed by atoms with Gasteiger partial charge in [-0.3, -0.25) is 0 Å². The van der Waals surface area contributed by atoms with Crippen LogP contribution in [0.4, 0.5) is 5.69 Å². The summed E-state index contributed by atoms with van der Waals surface area (Å²) in [6, 6.07) is 9.80. The lowest BCUT2D eigenvalue weighted by Crippen LogP contribution is -2.32. The summed E-state index contributed by atoms with van der Waals surface area (Å²) < 4.78 is 0. The minimum absolute atomic E-state index is 0.173. The first-order chi connectivity index (χ1) is 9.33. The largest absolute Gasteiger partial charge is 0.395 e. The molecule has 0 atom stereocenters. The van der Waals surface area contributed by atoms with Crippen molar-refractivity contribution in [1.29, 1.82) is 5.26 Å². The van der Waals surface area contributed by atoms with Gasteiger partial charge in [0.1, 0.15) is 0 Å². The summed E-state index contributed by atoms with van der Waals surface area (Å²) in [6.07, 6.45) is 6.65.